The van der Waals surface area contributed by atoms with Gasteiger partial charge >= 0.3 is 0 Å². The standard InChI is InChI=1S/C23H26FN3O2S/c24-20-13-21(29-16-4-3-11-27(14-16)22-5-1-2-10-25-22)18(15-6-7-15)12-19(20)23(28)26-30-17-8-9-17/h1-2,5,10,12-13,15-17H,3-4,6-9,11,14H2,(H,26,28). The Hall–Kier alpha value is -2.28. The molecule has 1 amide bonds. The van der Waals surface area contributed by atoms with Crippen molar-refractivity contribution in [1.82, 2.24) is 9.71 Å². The van der Waals surface area contributed by atoms with Gasteiger partial charge in [0.1, 0.15) is 23.5 Å². The highest BCUT2D eigenvalue weighted by Gasteiger charge is 2.32. The molecule has 2 aliphatic carbocycles. The van der Waals surface area contributed by atoms with Crippen LogP contribution in [0.2, 0.25) is 0 Å². The molecule has 1 aromatic heterocycles. The van der Waals surface area contributed by atoms with E-state index in [-0.39, 0.29) is 17.6 Å². The second kappa shape index (κ2) is 8.46. The second-order valence-corrected chi connectivity index (χ2v) is 9.52. The first-order valence-corrected chi connectivity index (χ1v) is 11.7. The average Bonchev–Trinajstić information content (AvgIpc) is 3.67. The minimum Gasteiger partial charge on any atom is -0.488 e. The first-order valence-electron chi connectivity index (χ1n) is 10.8. The summed E-state index contributed by atoms with van der Waals surface area (Å²) < 4.78 is 23.9. The molecule has 5 rings (SSSR count). The summed E-state index contributed by atoms with van der Waals surface area (Å²) in [4.78, 5) is 19.1. The van der Waals surface area contributed by atoms with E-state index in [2.05, 4.69) is 14.6 Å². The molecule has 2 saturated carbocycles. The Morgan fingerprint density at radius 1 is 1.20 bits per heavy atom. The molecule has 0 radical (unpaired) electrons. The Morgan fingerprint density at radius 2 is 2.07 bits per heavy atom. The van der Waals surface area contributed by atoms with E-state index >= 15 is 0 Å². The number of piperidine rings is 1. The van der Waals surface area contributed by atoms with Crippen molar-refractivity contribution in [3.8, 4) is 5.75 Å². The Balaban J connectivity index is 1.32. The van der Waals surface area contributed by atoms with Crippen LogP contribution in [-0.2, 0) is 0 Å². The van der Waals surface area contributed by atoms with Gasteiger partial charge in [0.15, 0.2) is 0 Å². The molecule has 3 aliphatic rings. The number of carbonyl (C=O) groups excluding carboxylic acids is 1. The van der Waals surface area contributed by atoms with Gasteiger partial charge in [0.2, 0.25) is 0 Å². The van der Waals surface area contributed by atoms with Gasteiger partial charge in [-0.15, -0.1) is 0 Å². The van der Waals surface area contributed by atoms with Crippen molar-refractivity contribution in [2.45, 2.75) is 55.8 Å². The lowest BCUT2D eigenvalue weighted by molar-refractivity contribution is 0.0980. The van der Waals surface area contributed by atoms with Crippen LogP contribution in [-0.4, -0.2) is 35.3 Å². The molecule has 1 saturated heterocycles. The van der Waals surface area contributed by atoms with Crippen molar-refractivity contribution >= 4 is 23.7 Å². The lowest BCUT2D eigenvalue weighted by atomic mass is 10.0. The van der Waals surface area contributed by atoms with Gasteiger partial charge in [-0.2, -0.15) is 0 Å². The molecule has 1 aliphatic heterocycles. The van der Waals surface area contributed by atoms with E-state index in [1.807, 2.05) is 18.2 Å². The summed E-state index contributed by atoms with van der Waals surface area (Å²) in [6.45, 7) is 1.67. The number of nitrogens with zero attached hydrogens (tertiary/aromatic N) is 2. The van der Waals surface area contributed by atoms with E-state index in [1.54, 1.807) is 12.3 Å². The predicted molar refractivity (Wildman–Crippen MR) is 117 cm³/mol. The minimum atomic E-state index is -0.513. The molecule has 1 aromatic carbocycles. The molecule has 2 heterocycles. The third-order valence-electron chi connectivity index (χ3n) is 5.85. The maximum Gasteiger partial charge on any atom is 0.264 e. The first kappa shape index (κ1) is 19.7. The number of hydrogen-bond acceptors (Lipinski definition) is 5. The Bertz CT molecular complexity index is 918. The molecule has 3 fully saturated rings. The summed E-state index contributed by atoms with van der Waals surface area (Å²) in [6.07, 6.45) is 8.05. The van der Waals surface area contributed by atoms with E-state index < -0.39 is 5.82 Å². The topological polar surface area (TPSA) is 54.5 Å². The van der Waals surface area contributed by atoms with Crippen molar-refractivity contribution in [2.75, 3.05) is 18.0 Å². The molecule has 1 N–H and O–H groups in total. The zero-order valence-corrected chi connectivity index (χ0v) is 17.7. The fourth-order valence-corrected chi connectivity index (χ4v) is 4.66. The van der Waals surface area contributed by atoms with Crippen molar-refractivity contribution < 1.29 is 13.9 Å². The van der Waals surface area contributed by atoms with Crippen molar-refractivity contribution in [3.05, 3.63) is 53.5 Å². The zero-order chi connectivity index (χ0) is 20.5. The van der Waals surface area contributed by atoms with Gasteiger partial charge in [-0.05, 0) is 80.2 Å². The summed E-state index contributed by atoms with van der Waals surface area (Å²) in [7, 11) is 0. The van der Waals surface area contributed by atoms with Crippen LogP contribution >= 0.6 is 11.9 Å². The second-order valence-electron chi connectivity index (χ2n) is 8.41. The third-order valence-corrected chi connectivity index (χ3v) is 6.96. The molecular formula is C23H26FN3O2S. The number of hydrogen-bond donors (Lipinski definition) is 1. The smallest absolute Gasteiger partial charge is 0.264 e. The molecular weight excluding hydrogens is 401 g/mol. The van der Waals surface area contributed by atoms with Crippen LogP contribution in [0.3, 0.4) is 0 Å². The number of aromatic nitrogens is 1. The number of amides is 1. The van der Waals surface area contributed by atoms with Crippen LogP contribution in [0.4, 0.5) is 10.2 Å². The van der Waals surface area contributed by atoms with Gasteiger partial charge in [-0.1, -0.05) is 6.07 Å². The number of halogens is 1. The Kier molecular flexibility index (Phi) is 5.54. The monoisotopic (exact) mass is 427 g/mol. The number of nitrogens with one attached hydrogen (secondary N) is 1. The van der Waals surface area contributed by atoms with Gasteiger partial charge in [-0.25, -0.2) is 9.37 Å². The molecule has 158 valence electrons. The highest BCUT2D eigenvalue weighted by atomic mass is 32.2. The van der Waals surface area contributed by atoms with Crippen LogP contribution in [0.5, 0.6) is 5.75 Å². The Labute approximate surface area is 180 Å². The summed E-state index contributed by atoms with van der Waals surface area (Å²) in [5.74, 6) is 1.03. The van der Waals surface area contributed by atoms with E-state index in [4.69, 9.17) is 4.74 Å². The minimum absolute atomic E-state index is 0.0252. The number of carbonyl (C=O) groups is 1. The van der Waals surface area contributed by atoms with E-state index in [0.29, 0.717) is 16.9 Å². The fraction of sp³-hybridized carbons (Fsp3) is 0.478. The number of anilines is 1. The lowest BCUT2D eigenvalue weighted by Crippen LogP contribution is -2.41. The lowest BCUT2D eigenvalue weighted by Gasteiger charge is -2.34. The van der Waals surface area contributed by atoms with Crippen LogP contribution in [0.1, 0.15) is 60.4 Å². The highest BCUT2D eigenvalue weighted by Crippen LogP contribution is 2.45. The SMILES string of the molecule is O=C(NSC1CC1)c1cc(C2CC2)c(OC2CCCN(c3ccccn3)C2)cc1F. The van der Waals surface area contributed by atoms with E-state index in [0.717, 1.165) is 63.0 Å². The summed E-state index contributed by atoms with van der Waals surface area (Å²) in [6, 6.07) is 9.03. The maximum absolute atomic E-state index is 14.8. The van der Waals surface area contributed by atoms with Gasteiger partial charge < -0.3 is 9.64 Å². The number of pyridine rings is 1. The van der Waals surface area contributed by atoms with E-state index in [1.165, 1.54) is 18.0 Å². The van der Waals surface area contributed by atoms with Crippen molar-refractivity contribution in [2.24, 2.45) is 0 Å². The van der Waals surface area contributed by atoms with Crippen molar-refractivity contribution in [3.63, 3.8) is 0 Å². The average molecular weight is 428 g/mol. The highest BCUT2D eigenvalue weighted by molar-refractivity contribution is 7.98. The van der Waals surface area contributed by atoms with Gasteiger partial charge in [-0.3, -0.25) is 9.52 Å². The molecule has 0 spiro atoms. The molecule has 0 bridgehead atoms. The summed E-state index contributed by atoms with van der Waals surface area (Å²) >= 11 is 1.41. The summed E-state index contributed by atoms with van der Waals surface area (Å²) in [5.41, 5.74) is 1.09. The number of rotatable bonds is 7. The van der Waals surface area contributed by atoms with Crippen LogP contribution in [0, 0.1) is 5.82 Å². The largest absolute Gasteiger partial charge is 0.488 e. The fourth-order valence-electron chi connectivity index (χ4n) is 3.90. The Morgan fingerprint density at radius 3 is 2.80 bits per heavy atom. The normalized spacial score (nSPS) is 21.4. The molecule has 7 heteroatoms. The third kappa shape index (κ3) is 4.56. The van der Waals surface area contributed by atoms with Crippen LogP contribution in [0.25, 0.3) is 0 Å². The van der Waals surface area contributed by atoms with Crippen molar-refractivity contribution in [1.29, 1.82) is 0 Å². The number of ether oxygens (including phenoxy) is 1. The van der Waals surface area contributed by atoms with E-state index in [9.17, 15) is 9.18 Å². The molecule has 5 nitrogen and oxygen atoms in total. The van der Waals surface area contributed by atoms with Gasteiger partial charge in [0, 0.05) is 24.1 Å². The van der Waals surface area contributed by atoms with Gasteiger partial charge in [0.05, 0.1) is 12.1 Å². The maximum atomic E-state index is 14.8. The molecule has 1 unspecified atom stereocenters. The van der Waals surface area contributed by atoms with Gasteiger partial charge in [0.25, 0.3) is 5.91 Å². The predicted octanol–water partition coefficient (Wildman–Crippen LogP) is 4.69. The van der Waals surface area contributed by atoms with Crippen LogP contribution in [0.15, 0.2) is 36.5 Å². The van der Waals surface area contributed by atoms with Crippen LogP contribution < -0.4 is 14.4 Å². The molecule has 2 aromatic rings. The quantitative estimate of drug-likeness (QED) is 0.650. The first-order chi connectivity index (χ1) is 14.7. The summed E-state index contributed by atoms with van der Waals surface area (Å²) in [5, 5.41) is 0.482. The number of benzene rings is 1. The molecule has 30 heavy (non-hydrogen) atoms. The molecule has 1 atom stereocenters. The zero-order valence-electron chi connectivity index (χ0n) is 16.9.